The summed E-state index contributed by atoms with van der Waals surface area (Å²) in [5.74, 6) is 1.38. The second-order valence-corrected chi connectivity index (χ2v) is 9.42. The third kappa shape index (κ3) is 3.76. The minimum absolute atomic E-state index is 0.0130. The highest BCUT2D eigenvalue weighted by Crippen LogP contribution is 2.36. The number of benzene rings is 2. The summed E-state index contributed by atoms with van der Waals surface area (Å²) in [4.78, 5) is 16.6. The first-order valence-corrected chi connectivity index (χ1v) is 11.4. The number of urea groups is 1. The molecule has 2 atom stereocenters. The molecule has 2 saturated heterocycles. The highest BCUT2D eigenvalue weighted by molar-refractivity contribution is 7.91. The van der Waals surface area contributed by atoms with Gasteiger partial charge in [-0.3, -0.25) is 4.90 Å². The van der Waals surface area contributed by atoms with Crippen LogP contribution in [0, 0.1) is 0 Å². The second-order valence-electron chi connectivity index (χ2n) is 7.27. The van der Waals surface area contributed by atoms with E-state index >= 15 is 0 Å². The fourth-order valence-electron chi connectivity index (χ4n) is 4.10. The number of fused-ring (bicyclic) bond motifs is 1. The van der Waals surface area contributed by atoms with Crippen LogP contribution in [-0.2, 0) is 16.4 Å². The minimum atomic E-state index is -3.21. The maximum absolute atomic E-state index is 13.3. The first-order chi connectivity index (χ1) is 13.9. The minimum Gasteiger partial charge on any atom is -0.497 e. The van der Waals surface area contributed by atoms with Crippen molar-refractivity contribution in [3.63, 3.8) is 0 Å². The maximum atomic E-state index is 13.3. The Morgan fingerprint density at radius 1 is 1.03 bits per heavy atom. The zero-order valence-electron chi connectivity index (χ0n) is 16.4. The molecule has 2 amide bonds. The lowest BCUT2D eigenvalue weighted by atomic mass is 10.1. The number of nitrogens with zero attached hydrogens (tertiary/aromatic N) is 2. The van der Waals surface area contributed by atoms with Gasteiger partial charge in [0.25, 0.3) is 0 Å². The molecule has 0 N–H and O–H groups in total. The molecule has 2 fully saturated rings. The number of sulfone groups is 1. The number of amides is 2. The number of rotatable bonds is 6. The van der Waals surface area contributed by atoms with Crippen molar-refractivity contribution in [3.05, 3.63) is 54.1 Å². The molecule has 8 heteroatoms. The Morgan fingerprint density at radius 3 is 2.45 bits per heavy atom. The van der Waals surface area contributed by atoms with Gasteiger partial charge in [-0.25, -0.2) is 13.2 Å². The summed E-state index contributed by atoms with van der Waals surface area (Å²) in [6, 6.07) is 13.7. The zero-order valence-corrected chi connectivity index (χ0v) is 17.3. The number of methoxy groups -OCH3 is 1. The highest BCUT2D eigenvalue weighted by Gasteiger charge is 2.53. The lowest BCUT2D eigenvalue weighted by Crippen LogP contribution is -2.37. The van der Waals surface area contributed by atoms with Crippen LogP contribution in [0.1, 0.15) is 12.5 Å². The summed E-state index contributed by atoms with van der Waals surface area (Å²) in [7, 11) is -1.62. The molecule has 2 aliphatic rings. The monoisotopic (exact) mass is 416 g/mol. The Kier molecular flexibility index (Phi) is 5.12. The quantitative estimate of drug-likeness (QED) is 0.677. The van der Waals surface area contributed by atoms with E-state index < -0.39 is 15.9 Å². The van der Waals surface area contributed by atoms with Gasteiger partial charge in [-0.2, -0.15) is 0 Å². The van der Waals surface area contributed by atoms with Crippen LogP contribution in [0.3, 0.4) is 0 Å². The summed E-state index contributed by atoms with van der Waals surface area (Å²) in [5.41, 5.74) is 1.58. The first kappa shape index (κ1) is 19.6. The van der Waals surface area contributed by atoms with E-state index in [2.05, 4.69) is 0 Å². The fraction of sp³-hybridized carbons (Fsp3) is 0.381. The largest absolute Gasteiger partial charge is 0.497 e. The van der Waals surface area contributed by atoms with Crippen molar-refractivity contribution in [3.8, 4) is 11.5 Å². The summed E-state index contributed by atoms with van der Waals surface area (Å²) in [6.45, 7) is 2.79. The molecule has 0 bridgehead atoms. The number of hydrogen-bond donors (Lipinski definition) is 0. The molecule has 0 radical (unpaired) electrons. The molecule has 2 unspecified atom stereocenters. The standard InChI is InChI=1S/C21H24N2O5S/c1-3-28-17-9-7-16(8-10-17)23-20-14-29(25,26)13-19(20)22(21(23)24)12-15-5-4-6-18(11-15)27-2/h4-11,19-20H,3,12-14H2,1-2H3. The molecular weight excluding hydrogens is 392 g/mol. The van der Waals surface area contributed by atoms with E-state index in [0.29, 0.717) is 30.3 Å². The van der Waals surface area contributed by atoms with Crippen molar-refractivity contribution in [2.45, 2.75) is 25.6 Å². The fourth-order valence-corrected chi connectivity index (χ4v) is 6.05. The van der Waals surface area contributed by atoms with E-state index in [4.69, 9.17) is 9.47 Å². The van der Waals surface area contributed by atoms with Gasteiger partial charge in [0.1, 0.15) is 11.5 Å². The Bertz CT molecular complexity index is 1010. The zero-order chi connectivity index (χ0) is 20.6. The molecule has 2 aromatic rings. The van der Waals surface area contributed by atoms with E-state index in [9.17, 15) is 13.2 Å². The normalized spacial score (nSPS) is 22.6. The van der Waals surface area contributed by atoms with E-state index in [1.165, 1.54) is 0 Å². The Morgan fingerprint density at radius 2 is 1.76 bits per heavy atom. The highest BCUT2D eigenvalue weighted by atomic mass is 32.2. The smallest absolute Gasteiger partial charge is 0.325 e. The number of carbonyl (C=O) groups is 1. The van der Waals surface area contributed by atoms with E-state index in [1.54, 1.807) is 41.2 Å². The number of carbonyl (C=O) groups excluding carboxylic acids is 1. The van der Waals surface area contributed by atoms with Crippen molar-refractivity contribution in [2.75, 3.05) is 30.1 Å². The van der Waals surface area contributed by atoms with Crippen LogP contribution in [0.15, 0.2) is 48.5 Å². The maximum Gasteiger partial charge on any atom is 0.325 e. The molecule has 2 heterocycles. The van der Waals surface area contributed by atoms with Gasteiger partial charge in [0.15, 0.2) is 9.84 Å². The predicted octanol–water partition coefficient (Wildman–Crippen LogP) is 2.70. The van der Waals surface area contributed by atoms with Crippen molar-refractivity contribution in [1.82, 2.24) is 4.90 Å². The molecule has 0 saturated carbocycles. The van der Waals surface area contributed by atoms with Crippen LogP contribution < -0.4 is 14.4 Å². The third-order valence-electron chi connectivity index (χ3n) is 5.39. The van der Waals surface area contributed by atoms with E-state index in [0.717, 1.165) is 5.56 Å². The van der Waals surface area contributed by atoms with Gasteiger partial charge < -0.3 is 14.4 Å². The summed E-state index contributed by atoms with van der Waals surface area (Å²) < 4.78 is 35.5. The summed E-state index contributed by atoms with van der Waals surface area (Å²) >= 11 is 0. The van der Waals surface area contributed by atoms with Gasteiger partial charge in [-0.15, -0.1) is 0 Å². The first-order valence-electron chi connectivity index (χ1n) is 9.58. The van der Waals surface area contributed by atoms with Gasteiger partial charge in [-0.05, 0) is 48.9 Å². The van der Waals surface area contributed by atoms with Gasteiger partial charge in [0.05, 0.1) is 37.3 Å². The number of anilines is 1. The lowest BCUT2D eigenvalue weighted by Gasteiger charge is -2.23. The van der Waals surface area contributed by atoms with Crippen LogP contribution in [-0.4, -0.2) is 56.7 Å². The molecule has 7 nitrogen and oxygen atoms in total. The molecule has 0 aliphatic carbocycles. The SMILES string of the molecule is CCOc1ccc(N2C(=O)N(Cc3cccc(OC)c3)C3CS(=O)(=O)CC32)cc1. The molecule has 2 aliphatic heterocycles. The average molecular weight is 416 g/mol. The van der Waals surface area contributed by atoms with Gasteiger partial charge in [-0.1, -0.05) is 12.1 Å². The van der Waals surface area contributed by atoms with E-state index in [1.807, 2.05) is 31.2 Å². The third-order valence-corrected chi connectivity index (χ3v) is 7.09. The van der Waals surface area contributed by atoms with Crippen LogP contribution in [0.4, 0.5) is 10.5 Å². The van der Waals surface area contributed by atoms with Gasteiger partial charge in [0, 0.05) is 12.2 Å². The lowest BCUT2D eigenvalue weighted by molar-refractivity contribution is 0.205. The Labute approximate surface area is 170 Å². The Balaban J connectivity index is 1.65. The van der Waals surface area contributed by atoms with Crippen LogP contribution in [0.25, 0.3) is 0 Å². The van der Waals surface area contributed by atoms with Crippen LogP contribution in [0.2, 0.25) is 0 Å². The average Bonchev–Trinajstić information content (AvgIpc) is 3.13. The van der Waals surface area contributed by atoms with Crippen molar-refractivity contribution in [2.24, 2.45) is 0 Å². The molecule has 0 spiro atoms. The molecule has 0 aromatic heterocycles. The second kappa shape index (κ2) is 7.59. The molecule has 29 heavy (non-hydrogen) atoms. The number of ether oxygens (including phenoxy) is 2. The topological polar surface area (TPSA) is 76.2 Å². The molecular formula is C21H24N2O5S. The molecule has 2 aromatic carbocycles. The number of hydrogen-bond acceptors (Lipinski definition) is 5. The summed E-state index contributed by atoms with van der Waals surface area (Å²) in [5, 5.41) is 0. The molecule has 154 valence electrons. The van der Waals surface area contributed by atoms with Crippen LogP contribution in [0.5, 0.6) is 11.5 Å². The van der Waals surface area contributed by atoms with Crippen molar-refractivity contribution < 1.29 is 22.7 Å². The van der Waals surface area contributed by atoms with Crippen LogP contribution >= 0.6 is 0 Å². The van der Waals surface area contributed by atoms with Crippen molar-refractivity contribution >= 4 is 21.6 Å². The predicted molar refractivity (Wildman–Crippen MR) is 110 cm³/mol. The van der Waals surface area contributed by atoms with Gasteiger partial charge >= 0.3 is 6.03 Å². The Hall–Kier alpha value is -2.74. The van der Waals surface area contributed by atoms with Gasteiger partial charge in [0.2, 0.25) is 0 Å². The van der Waals surface area contributed by atoms with Crippen molar-refractivity contribution in [1.29, 1.82) is 0 Å². The summed E-state index contributed by atoms with van der Waals surface area (Å²) in [6.07, 6.45) is 0. The van der Waals surface area contributed by atoms with E-state index in [-0.39, 0.29) is 23.6 Å². The molecule has 4 rings (SSSR count).